The summed E-state index contributed by atoms with van der Waals surface area (Å²) >= 11 is 0. The first kappa shape index (κ1) is 19.5. The molecule has 2 heterocycles. The van der Waals surface area contributed by atoms with E-state index >= 15 is 0 Å². The van der Waals surface area contributed by atoms with Gasteiger partial charge in [-0.1, -0.05) is 35.4 Å². The van der Waals surface area contributed by atoms with E-state index < -0.39 is 36.9 Å². The van der Waals surface area contributed by atoms with E-state index in [2.05, 4.69) is 10.0 Å². The minimum atomic E-state index is -1.12. The van der Waals surface area contributed by atoms with Gasteiger partial charge >= 0.3 is 0 Å². The SMILES string of the molecule is COc1ccc(OC2OC3COC(c4ccccc4)OC3C(O)C2N=[N+]=[N-])cc1. The predicted molar refractivity (Wildman–Crippen MR) is 101 cm³/mol. The van der Waals surface area contributed by atoms with Gasteiger partial charge in [-0.2, -0.15) is 0 Å². The number of hydrogen-bond acceptors (Lipinski definition) is 7. The molecule has 0 aromatic heterocycles. The van der Waals surface area contributed by atoms with Crippen LogP contribution in [0.4, 0.5) is 0 Å². The summed E-state index contributed by atoms with van der Waals surface area (Å²) < 4.78 is 28.6. The fourth-order valence-electron chi connectivity index (χ4n) is 3.43. The molecule has 0 aliphatic carbocycles. The summed E-state index contributed by atoms with van der Waals surface area (Å²) in [5.41, 5.74) is 9.80. The number of azide groups is 1. The molecule has 2 aliphatic heterocycles. The van der Waals surface area contributed by atoms with Gasteiger partial charge in [-0.15, -0.1) is 0 Å². The summed E-state index contributed by atoms with van der Waals surface area (Å²) in [7, 11) is 1.57. The third kappa shape index (κ3) is 4.14. The molecular weight excluding hydrogens is 378 g/mol. The van der Waals surface area contributed by atoms with E-state index in [0.29, 0.717) is 11.5 Å². The maximum Gasteiger partial charge on any atom is 0.211 e. The Morgan fingerprint density at radius 1 is 1.07 bits per heavy atom. The topological polar surface area (TPSA) is 115 Å². The molecule has 0 spiro atoms. The van der Waals surface area contributed by atoms with Gasteiger partial charge in [-0.3, -0.25) is 0 Å². The molecule has 152 valence electrons. The Kier molecular flexibility index (Phi) is 5.84. The van der Waals surface area contributed by atoms with E-state index in [0.717, 1.165) is 5.56 Å². The second kappa shape index (κ2) is 8.69. The number of fused-ring (bicyclic) bond motifs is 1. The first-order chi connectivity index (χ1) is 14.2. The van der Waals surface area contributed by atoms with Gasteiger partial charge < -0.3 is 28.8 Å². The highest BCUT2D eigenvalue weighted by Crippen LogP contribution is 2.35. The summed E-state index contributed by atoms with van der Waals surface area (Å²) in [6.07, 6.45) is -4.04. The Morgan fingerprint density at radius 2 is 1.79 bits per heavy atom. The highest BCUT2D eigenvalue weighted by molar-refractivity contribution is 5.31. The summed E-state index contributed by atoms with van der Waals surface area (Å²) in [4.78, 5) is 2.84. The lowest BCUT2D eigenvalue weighted by molar-refractivity contribution is -0.331. The van der Waals surface area contributed by atoms with Gasteiger partial charge in [0.05, 0.1) is 19.8 Å². The van der Waals surface area contributed by atoms with Crippen molar-refractivity contribution in [1.29, 1.82) is 0 Å². The summed E-state index contributed by atoms with van der Waals surface area (Å²) in [5, 5.41) is 14.6. The molecule has 9 heteroatoms. The van der Waals surface area contributed by atoms with Gasteiger partial charge in [0.15, 0.2) is 6.29 Å². The van der Waals surface area contributed by atoms with Gasteiger partial charge in [0.1, 0.15) is 29.7 Å². The zero-order valence-electron chi connectivity index (χ0n) is 15.7. The molecule has 0 amide bonds. The van der Waals surface area contributed by atoms with Crippen molar-refractivity contribution in [2.24, 2.45) is 5.11 Å². The smallest absolute Gasteiger partial charge is 0.211 e. The normalized spacial score (nSPS) is 31.2. The second-order valence-corrected chi connectivity index (χ2v) is 6.70. The van der Waals surface area contributed by atoms with E-state index in [1.165, 1.54) is 0 Å². The minimum Gasteiger partial charge on any atom is -0.497 e. The second-order valence-electron chi connectivity index (χ2n) is 6.70. The van der Waals surface area contributed by atoms with Crippen molar-refractivity contribution >= 4 is 0 Å². The van der Waals surface area contributed by atoms with E-state index in [-0.39, 0.29) is 6.61 Å². The van der Waals surface area contributed by atoms with Crippen LogP contribution in [-0.2, 0) is 14.2 Å². The van der Waals surface area contributed by atoms with Crippen LogP contribution in [0, 0.1) is 0 Å². The van der Waals surface area contributed by atoms with Crippen LogP contribution in [0.5, 0.6) is 11.5 Å². The number of methoxy groups -OCH3 is 1. The average Bonchev–Trinajstić information content (AvgIpc) is 2.77. The van der Waals surface area contributed by atoms with Crippen LogP contribution in [0.15, 0.2) is 59.7 Å². The zero-order valence-corrected chi connectivity index (χ0v) is 15.7. The van der Waals surface area contributed by atoms with E-state index in [4.69, 9.17) is 29.2 Å². The number of hydrogen-bond donors (Lipinski definition) is 1. The van der Waals surface area contributed by atoms with Crippen molar-refractivity contribution in [2.75, 3.05) is 13.7 Å². The molecule has 1 N–H and O–H groups in total. The molecule has 2 fully saturated rings. The summed E-state index contributed by atoms with van der Waals surface area (Å²) in [6, 6.07) is 15.3. The van der Waals surface area contributed by atoms with Crippen molar-refractivity contribution in [3.63, 3.8) is 0 Å². The van der Waals surface area contributed by atoms with Crippen molar-refractivity contribution < 1.29 is 28.8 Å². The molecule has 9 nitrogen and oxygen atoms in total. The van der Waals surface area contributed by atoms with Gasteiger partial charge in [-0.25, -0.2) is 0 Å². The molecule has 2 aromatic carbocycles. The van der Waals surface area contributed by atoms with Crippen LogP contribution in [0.3, 0.4) is 0 Å². The Hall–Kier alpha value is -2.81. The fraction of sp³-hybridized carbons (Fsp3) is 0.400. The number of nitrogens with zero attached hydrogens (tertiary/aromatic N) is 3. The van der Waals surface area contributed by atoms with E-state index in [1.807, 2.05) is 30.3 Å². The molecule has 4 rings (SSSR count). The number of benzene rings is 2. The van der Waals surface area contributed by atoms with Crippen LogP contribution in [0.2, 0.25) is 0 Å². The lowest BCUT2D eigenvalue weighted by Crippen LogP contribution is -2.62. The molecule has 0 radical (unpaired) electrons. The summed E-state index contributed by atoms with van der Waals surface area (Å²) in [6.45, 7) is 0.201. The first-order valence-corrected chi connectivity index (χ1v) is 9.20. The standard InChI is InChI=1S/C20H21N3O6/c1-25-13-7-9-14(10-8-13)27-20-16(22-23-21)17(24)18-15(28-20)11-26-19(29-18)12-5-3-2-4-6-12/h2-10,15-20,24H,11H2,1H3. The maximum atomic E-state index is 10.9. The van der Waals surface area contributed by atoms with Gasteiger partial charge in [0.2, 0.25) is 6.29 Å². The van der Waals surface area contributed by atoms with Crippen molar-refractivity contribution in [1.82, 2.24) is 0 Å². The van der Waals surface area contributed by atoms with Gasteiger partial charge in [-0.05, 0) is 29.8 Å². The highest BCUT2D eigenvalue weighted by atomic mass is 16.7. The van der Waals surface area contributed by atoms with Crippen molar-refractivity contribution in [3.05, 3.63) is 70.6 Å². The molecular formula is C20H21N3O6. The maximum absolute atomic E-state index is 10.9. The first-order valence-electron chi connectivity index (χ1n) is 9.20. The van der Waals surface area contributed by atoms with Crippen LogP contribution >= 0.6 is 0 Å². The molecule has 2 aromatic rings. The lowest BCUT2D eigenvalue weighted by atomic mass is 9.96. The van der Waals surface area contributed by atoms with E-state index in [9.17, 15) is 5.11 Å². The van der Waals surface area contributed by atoms with E-state index in [1.54, 1.807) is 31.4 Å². The molecule has 0 saturated carbocycles. The molecule has 2 aliphatic rings. The van der Waals surface area contributed by atoms with Crippen LogP contribution in [-0.4, -0.2) is 49.5 Å². The van der Waals surface area contributed by atoms with Crippen LogP contribution in [0.1, 0.15) is 11.9 Å². The molecule has 6 atom stereocenters. The van der Waals surface area contributed by atoms with Gasteiger partial charge in [0.25, 0.3) is 0 Å². The highest BCUT2D eigenvalue weighted by Gasteiger charge is 2.50. The largest absolute Gasteiger partial charge is 0.497 e. The predicted octanol–water partition coefficient (Wildman–Crippen LogP) is 2.95. The number of aliphatic hydroxyl groups excluding tert-OH is 1. The Bertz CT molecular complexity index is 858. The van der Waals surface area contributed by atoms with Crippen LogP contribution in [0.25, 0.3) is 10.4 Å². The monoisotopic (exact) mass is 399 g/mol. The average molecular weight is 399 g/mol. The third-order valence-electron chi connectivity index (χ3n) is 4.90. The van der Waals surface area contributed by atoms with Crippen molar-refractivity contribution in [2.45, 2.75) is 36.9 Å². The minimum absolute atomic E-state index is 0.201. The fourth-order valence-corrected chi connectivity index (χ4v) is 3.43. The number of aliphatic hydroxyl groups is 1. The van der Waals surface area contributed by atoms with Crippen LogP contribution < -0.4 is 9.47 Å². The molecule has 2 saturated heterocycles. The molecule has 29 heavy (non-hydrogen) atoms. The summed E-state index contributed by atoms with van der Waals surface area (Å²) in [5.74, 6) is 1.16. The molecule has 0 bridgehead atoms. The van der Waals surface area contributed by atoms with Crippen molar-refractivity contribution in [3.8, 4) is 11.5 Å². The Morgan fingerprint density at radius 3 is 2.48 bits per heavy atom. The lowest BCUT2D eigenvalue weighted by Gasteiger charge is -2.46. The number of rotatable bonds is 5. The zero-order chi connectivity index (χ0) is 20.2. The third-order valence-corrected chi connectivity index (χ3v) is 4.90. The van der Waals surface area contributed by atoms with Gasteiger partial charge in [0, 0.05) is 10.5 Å². The Labute approximate surface area is 167 Å². The Balaban J connectivity index is 1.51. The molecule has 6 unspecified atom stereocenters. The number of ether oxygens (including phenoxy) is 5. The quantitative estimate of drug-likeness (QED) is 0.470.